The number of fused-ring (bicyclic) bond motifs is 1. The van der Waals surface area contributed by atoms with E-state index in [0.29, 0.717) is 29.5 Å². The molecule has 1 heterocycles. The number of benzene rings is 1. The van der Waals surface area contributed by atoms with Crippen molar-refractivity contribution in [1.82, 2.24) is 4.90 Å². The van der Waals surface area contributed by atoms with Gasteiger partial charge in [0.25, 0.3) is 5.91 Å². The van der Waals surface area contributed by atoms with Gasteiger partial charge in [-0.15, -0.1) is 13.2 Å². The fourth-order valence-corrected chi connectivity index (χ4v) is 2.88. The number of hydrogen-bond donors (Lipinski definition) is 0. The molecule has 5 nitrogen and oxygen atoms in total. The van der Waals surface area contributed by atoms with Crippen LogP contribution in [0.15, 0.2) is 43.5 Å². The van der Waals surface area contributed by atoms with Crippen LogP contribution in [0.1, 0.15) is 20.3 Å². The molecular formula is C19H23ClN2O3. The van der Waals surface area contributed by atoms with Crippen molar-refractivity contribution < 1.29 is 14.3 Å². The Morgan fingerprint density at radius 2 is 1.96 bits per heavy atom. The number of ether oxygens (including phenoxy) is 1. The van der Waals surface area contributed by atoms with Crippen molar-refractivity contribution in [2.75, 3.05) is 24.5 Å². The first-order chi connectivity index (χ1) is 11.8. The lowest BCUT2D eigenvalue weighted by atomic mass is 10.0. The molecule has 0 saturated carbocycles. The van der Waals surface area contributed by atoms with E-state index in [-0.39, 0.29) is 24.8 Å². The number of carbonyl (C=O) groups excluding carboxylic acids is 2. The molecule has 1 aliphatic rings. The molecule has 0 radical (unpaired) electrons. The lowest BCUT2D eigenvalue weighted by molar-refractivity contribution is -0.133. The van der Waals surface area contributed by atoms with Crippen LogP contribution >= 0.6 is 11.6 Å². The van der Waals surface area contributed by atoms with Gasteiger partial charge >= 0.3 is 0 Å². The van der Waals surface area contributed by atoms with Crippen LogP contribution in [-0.2, 0) is 9.59 Å². The highest BCUT2D eigenvalue weighted by atomic mass is 35.5. The average Bonchev–Trinajstić information content (AvgIpc) is 2.55. The zero-order valence-corrected chi connectivity index (χ0v) is 15.4. The zero-order valence-electron chi connectivity index (χ0n) is 14.6. The maximum atomic E-state index is 12.8. The van der Waals surface area contributed by atoms with Gasteiger partial charge in [0, 0.05) is 31.1 Å². The third-order valence-corrected chi connectivity index (χ3v) is 4.17. The number of hydrogen-bond acceptors (Lipinski definition) is 3. The van der Waals surface area contributed by atoms with Crippen molar-refractivity contribution in [2.45, 2.75) is 25.9 Å². The van der Waals surface area contributed by atoms with Crippen LogP contribution < -0.4 is 9.64 Å². The Morgan fingerprint density at radius 3 is 2.56 bits per heavy atom. The fraction of sp³-hybridized carbons (Fsp3) is 0.368. The van der Waals surface area contributed by atoms with E-state index in [9.17, 15) is 9.59 Å². The summed E-state index contributed by atoms with van der Waals surface area (Å²) < 4.78 is 5.78. The number of anilines is 1. The first-order valence-corrected chi connectivity index (χ1v) is 8.48. The number of carbonyl (C=O) groups is 2. The molecule has 0 unspecified atom stereocenters. The monoisotopic (exact) mass is 362 g/mol. The van der Waals surface area contributed by atoms with Crippen LogP contribution in [0.3, 0.4) is 0 Å². The summed E-state index contributed by atoms with van der Waals surface area (Å²) in [5, 5.41) is 0.506. The predicted molar refractivity (Wildman–Crippen MR) is 100 cm³/mol. The first kappa shape index (κ1) is 19.1. The van der Waals surface area contributed by atoms with Crippen molar-refractivity contribution in [3.63, 3.8) is 0 Å². The molecule has 0 spiro atoms. The highest BCUT2D eigenvalue weighted by Gasteiger charge is 2.41. The Hall–Kier alpha value is -2.27. The van der Waals surface area contributed by atoms with Gasteiger partial charge in [0.1, 0.15) is 5.75 Å². The van der Waals surface area contributed by atoms with Gasteiger partial charge in [-0.3, -0.25) is 9.59 Å². The maximum Gasteiger partial charge on any atom is 0.270 e. The highest BCUT2D eigenvalue weighted by molar-refractivity contribution is 6.31. The van der Waals surface area contributed by atoms with Gasteiger partial charge in [-0.1, -0.05) is 23.8 Å². The molecule has 0 saturated heterocycles. The van der Waals surface area contributed by atoms with Crippen molar-refractivity contribution >= 4 is 29.1 Å². The summed E-state index contributed by atoms with van der Waals surface area (Å²) in [5.74, 6) is 0.310. The van der Waals surface area contributed by atoms with Crippen LogP contribution in [0.5, 0.6) is 5.75 Å². The number of halogens is 1. The number of rotatable bonds is 7. The minimum absolute atomic E-state index is 0.0690. The molecule has 1 aromatic rings. The van der Waals surface area contributed by atoms with Gasteiger partial charge in [-0.05, 0) is 32.0 Å². The zero-order chi connectivity index (χ0) is 18.6. The van der Waals surface area contributed by atoms with Gasteiger partial charge in [0.2, 0.25) is 5.91 Å². The van der Waals surface area contributed by atoms with Crippen molar-refractivity contribution in [3.8, 4) is 5.75 Å². The molecule has 134 valence electrons. The molecule has 2 rings (SSSR count). The second kappa shape index (κ2) is 7.74. The second-order valence-corrected chi connectivity index (χ2v) is 6.74. The molecule has 2 amide bonds. The van der Waals surface area contributed by atoms with Crippen LogP contribution in [-0.4, -0.2) is 41.9 Å². The lowest BCUT2D eigenvalue weighted by Gasteiger charge is -2.39. The van der Waals surface area contributed by atoms with E-state index in [1.807, 2.05) is 0 Å². The van der Waals surface area contributed by atoms with Gasteiger partial charge in [-0.2, -0.15) is 0 Å². The molecule has 25 heavy (non-hydrogen) atoms. The molecule has 0 aromatic heterocycles. The third kappa shape index (κ3) is 4.23. The summed E-state index contributed by atoms with van der Waals surface area (Å²) in [5.41, 5.74) is -0.408. The van der Waals surface area contributed by atoms with Gasteiger partial charge in [-0.25, -0.2) is 0 Å². The molecular weight excluding hydrogens is 340 g/mol. The third-order valence-electron chi connectivity index (χ3n) is 3.94. The highest BCUT2D eigenvalue weighted by Crippen LogP contribution is 2.39. The van der Waals surface area contributed by atoms with Crippen LogP contribution in [0, 0.1) is 0 Å². The Kier molecular flexibility index (Phi) is 5.90. The minimum Gasteiger partial charge on any atom is -0.476 e. The summed E-state index contributed by atoms with van der Waals surface area (Å²) in [7, 11) is 0. The second-order valence-electron chi connectivity index (χ2n) is 6.31. The van der Waals surface area contributed by atoms with E-state index in [0.717, 1.165) is 0 Å². The van der Waals surface area contributed by atoms with E-state index >= 15 is 0 Å². The summed E-state index contributed by atoms with van der Waals surface area (Å²) in [6.45, 7) is 11.9. The quantitative estimate of drug-likeness (QED) is 0.698. The molecule has 6 heteroatoms. The van der Waals surface area contributed by atoms with Crippen molar-refractivity contribution in [2.24, 2.45) is 0 Å². The molecule has 0 bridgehead atoms. The Bertz CT molecular complexity index is 690. The normalized spacial score (nSPS) is 15.2. The molecule has 0 fully saturated rings. The molecule has 1 aromatic carbocycles. The van der Waals surface area contributed by atoms with E-state index in [4.69, 9.17) is 16.3 Å². The number of nitrogens with zero attached hydrogens (tertiary/aromatic N) is 2. The molecule has 1 aliphatic heterocycles. The van der Waals surface area contributed by atoms with Crippen LogP contribution in [0.2, 0.25) is 5.02 Å². The fourth-order valence-electron chi connectivity index (χ4n) is 2.72. The van der Waals surface area contributed by atoms with Crippen LogP contribution in [0.4, 0.5) is 5.69 Å². The largest absolute Gasteiger partial charge is 0.476 e. The van der Waals surface area contributed by atoms with Crippen molar-refractivity contribution in [3.05, 3.63) is 48.5 Å². The summed E-state index contributed by atoms with van der Waals surface area (Å²) in [4.78, 5) is 28.4. The Balaban J connectivity index is 2.21. The smallest absolute Gasteiger partial charge is 0.270 e. The van der Waals surface area contributed by atoms with E-state index < -0.39 is 5.60 Å². The lowest BCUT2D eigenvalue weighted by Crippen LogP contribution is -2.53. The van der Waals surface area contributed by atoms with E-state index in [2.05, 4.69) is 13.2 Å². The predicted octanol–water partition coefficient (Wildman–Crippen LogP) is 3.43. The van der Waals surface area contributed by atoms with E-state index in [1.165, 1.54) is 0 Å². The van der Waals surface area contributed by atoms with Gasteiger partial charge in [0.15, 0.2) is 5.60 Å². The number of amides is 2. The topological polar surface area (TPSA) is 49.9 Å². The average molecular weight is 363 g/mol. The standard InChI is InChI=1S/C19H23ClN2O3/c1-5-10-21(11-6-2)17(23)9-12-22-15-13-14(20)7-8-16(15)25-19(3,4)18(22)24/h5-8,13H,1-2,9-12H2,3-4H3. The maximum absolute atomic E-state index is 12.8. The Morgan fingerprint density at radius 1 is 1.32 bits per heavy atom. The van der Waals surface area contributed by atoms with E-state index in [1.54, 1.807) is 54.0 Å². The van der Waals surface area contributed by atoms with Gasteiger partial charge < -0.3 is 14.5 Å². The Labute approximate surface area is 153 Å². The SMILES string of the molecule is C=CCN(CC=C)C(=O)CCN1C(=O)C(C)(C)Oc2ccc(Cl)cc21. The first-order valence-electron chi connectivity index (χ1n) is 8.10. The minimum atomic E-state index is -0.994. The summed E-state index contributed by atoms with van der Waals surface area (Å²) in [6.07, 6.45) is 3.52. The van der Waals surface area contributed by atoms with Gasteiger partial charge in [0.05, 0.1) is 5.69 Å². The summed E-state index contributed by atoms with van der Waals surface area (Å²) in [6, 6.07) is 5.13. The molecule has 0 aliphatic carbocycles. The summed E-state index contributed by atoms with van der Waals surface area (Å²) >= 11 is 6.07. The van der Waals surface area contributed by atoms with Crippen LogP contribution in [0.25, 0.3) is 0 Å². The molecule has 0 atom stereocenters. The molecule has 0 N–H and O–H groups in total. The van der Waals surface area contributed by atoms with Crippen molar-refractivity contribution in [1.29, 1.82) is 0 Å².